The Morgan fingerprint density at radius 2 is 1.75 bits per heavy atom. The number of rotatable bonds is 7. The first-order chi connectivity index (χ1) is 19.3. The van der Waals surface area contributed by atoms with Gasteiger partial charge in [0.1, 0.15) is 12.2 Å². The Hall–Kier alpha value is -4.14. The van der Waals surface area contributed by atoms with Gasteiger partial charge < -0.3 is 9.47 Å². The van der Waals surface area contributed by atoms with Gasteiger partial charge in [-0.15, -0.1) is 0 Å². The lowest BCUT2D eigenvalue weighted by Crippen LogP contribution is -2.54. The van der Waals surface area contributed by atoms with Gasteiger partial charge >= 0.3 is 6.03 Å². The lowest BCUT2D eigenvalue weighted by Gasteiger charge is -2.26. The van der Waals surface area contributed by atoms with Crippen LogP contribution >= 0.6 is 27.5 Å². The van der Waals surface area contributed by atoms with Crippen LogP contribution in [-0.2, 0) is 16.2 Å². The zero-order valence-electron chi connectivity index (χ0n) is 21.7. The molecule has 1 N–H and O–H groups in total. The number of nitrogens with zero attached hydrogens (tertiary/aromatic N) is 1. The number of imide groups is 2. The second-order valence-electron chi connectivity index (χ2n) is 9.08. The molecule has 0 radical (unpaired) electrons. The molecule has 1 fully saturated rings. The van der Waals surface area contributed by atoms with Gasteiger partial charge in [0.15, 0.2) is 11.5 Å². The third kappa shape index (κ3) is 5.46. The van der Waals surface area contributed by atoms with Crippen LogP contribution < -0.4 is 19.7 Å². The first-order valence-electron chi connectivity index (χ1n) is 12.5. The molecule has 0 atom stereocenters. The first-order valence-corrected chi connectivity index (χ1v) is 13.7. The molecule has 0 saturated carbocycles. The van der Waals surface area contributed by atoms with Crippen LogP contribution in [0, 0.1) is 6.92 Å². The number of carbonyl (C=O) groups excluding carboxylic acids is 3. The summed E-state index contributed by atoms with van der Waals surface area (Å²) >= 11 is 9.77. The molecule has 202 valence electrons. The molecule has 0 aromatic heterocycles. The number of anilines is 1. The molecule has 9 heteroatoms. The van der Waals surface area contributed by atoms with Gasteiger partial charge in [0.25, 0.3) is 11.8 Å². The molecular formula is C31H24BrClN2O5. The Morgan fingerprint density at radius 3 is 2.52 bits per heavy atom. The Bertz CT molecular complexity index is 1700. The zero-order valence-corrected chi connectivity index (χ0v) is 24.0. The summed E-state index contributed by atoms with van der Waals surface area (Å²) in [5.74, 6) is -0.637. The van der Waals surface area contributed by atoms with Crippen molar-refractivity contribution < 1.29 is 23.9 Å². The van der Waals surface area contributed by atoms with Crippen molar-refractivity contribution in [3.63, 3.8) is 0 Å². The van der Waals surface area contributed by atoms with Gasteiger partial charge in [-0.2, -0.15) is 0 Å². The Balaban J connectivity index is 1.47. The van der Waals surface area contributed by atoms with Crippen molar-refractivity contribution in [3.8, 4) is 11.5 Å². The van der Waals surface area contributed by atoms with Gasteiger partial charge in [0, 0.05) is 5.02 Å². The number of amides is 4. The zero-order chi connectivity index (χ0) is 28.4. The summed E-state index contributed by atoms with van der Waals surface area (Å²) in [5.41, 5.74) is 2.35. The summed E-state index contributed by atoms with van der Waals surface area (Å²) in [6, 6.07) is 21.5. The van der Waals surface area contributed by atoms with Crippen LogP contribution in [0.25, 0.3) is 16.8 Å². The number of urea groups is 1. The van der Waals surface area contributed by atoms with Crippen molar-refractivity contribution in [2.24, 2.45) is 0 Å². The number of carbonyl (C=O) groups is 3. The van der Waals surface area contributed by atoms with Crippen LogP contribution in [0.2, 0.25) is 5.02 Å². The molecule has 0 aliphatic carbocycles. The maximum atomic E-state index is 13.3. The minimum atomic E-state index is -0.847. The number of benzene rings is 4. The number of aryl methyl sites for hydroxylation is 1. The van der Waals surface area contributed by atoms with Crippen LogP contribution in [-0.4, -0.2) is 24.5 Å². The van der Waals surface area contributed by atoms with Crippen molar-refractivity contribution >= 4 is 67.9 Å². The Morgan fingerprint density at radius 1 is 0.975 bits per heavy atom. The molecule has 1 aliphatic rings. The maximum Gasteiger partial charge on any atom is 0.335 e. The molecule has 4 amide bonds. The normalized spacial score (nSPS) is 14.6. The number of halogens is 2. The van der Waals surface area contributed by atoms with E-state index in [-0.39, 0.29) is 11.3 Å². The van der Waals surface area contributed by atoms with Crippen molar-refractivity contribution in [3.05, 3.63) is 105 Å². The first kappa shape index (κ1) is 27.4. The van der Waals surface area contributed by atoms with Crippen molar-refractivity contribution in [1.29, 1.82) is 0 Å². The highest BCUT2D eigenvalue weighted by atomic mass is 79.9. The molecule has 0 spiro atoms. The average molecular weight is 620 g/mol. The lowest BCUT2D eigenvalue weighted by atomic mass is 10.1. The average Bonchev–Trinajstić information content (AvgIpc) is 2.92. The molecule has 0 bridgehead atoms. The molecule has 1 aliphatic heterocycles. The van der Waals surface area contributed by atoms with Crippen LogP contribution in [0.1, 0.15) is 23.6 Å². The topological polar surface area (TPSA) is 84.9 Å². The van der Waals surface area contributed by atoms with Crippen LogP contribution in [0.15, 0.2) is 82.8 Å². The molecule has 5 rings (SSSR count). The minimum Gasteiger partial charge on any atom is -0.490 e. The van der Waals surface area contributed by atoms with E-state index in [9.17, 15) is 14.4 Å². The predicted molar refractivity (Wildman–Crippen MR) is 159 cm³/mol. The van der Waals surface area contributed by atoms with E-state index in [1.807, 2.05) is 56.3 Å². The molecule has 7 nitrogen and oxygen atoms in total. The monoisotopic (exact) mass is 618 g/mol. The van der Waals surface area contributed by atoms with Gasteiger partial charge in [-0.25, -0.2) is 9.69 Å². The van der Waals surface area contributed by atoms with E-state index in [1.165, 1.54) is 12.1 Å². The van der Waals surface area contributed by atoms with Gasteiger partial charge in [-0.05, 0) is 87.6 Å². The second-order valence-corrected chi connectivity index (χ2v) is 10.3. The fourth-order valence-electron chi connectivity index (χ4n) is 4.42. The van der Waals surface area contributed by atoms with Gasteiger partial charge in [0.2, 0.25) is 0 Å². The van der Waals surface area contributed by atoms with Crippen molar-refractivity contribution in [1.82, 2.24) is 5.32 Å². The number of barbiturate groups is 1. The highest BCUT2D eigenvalue weighted by Crippen LogP contribution is 2.39. The third-order valence-electron chi connectivity index (χ3n) is 6.41. The maximum absolute atomic E-state index is 13.3. The fourth-order valence-corrected chi connectivity index (χ4v) is 5.17. The molecule has 4 aromatic rings. The predicted octanol–water partition coefficient (Wildman–Crippen LogP) is 7.21. The summed E-state index contributed by atoms with van der Waals surface area (Å²) in [7, 11) is 0. The van der Waals surface area contributed by atoms with E-state index in [1.54, 1.807) is 24.3 Å². The van der Waals surface area contributed by atoms with Crippen LogP contribution in [0.4, 0.5) is 10.5 Å². The summed E-state index contributed by atoms with van der Waals surface area (Å²) in [5, 5.41) is 4.83. The van der Waals surface area contributed by atoms with Crippen molar-refractivity contribution in [2.45, 2.75) is 20.5 Å². The lowest BCUT2D eigenvalue weighted by molar-refractivity contribution is -0.122. The SMILES string of the molecule is CCOc1cc(/C=C2/C(=O)NC(=O)N(c3ccc(C)c(Cl)c3)C2=O)cc(Br)c1OCc1cccc2ccccc12. The van der Waals surface area contributed by atoms with E-state index in [4.69, 9.17) is 21.1 Å². The number of fused-ring (bicyclic) bond motifs is 1. The van der Waals surface area contributed by atoms with Gasteiger partial charge in [0.05, 0.1) is 16.8 Å². The van der Waals surface area contributed by atoms with E-state index in [0.717, 1.165) is 26.8 Å². The number of nitrogens with one attached hydrogen (secondary N) is 1. The molecule has 0 unspecified atom stereocenters. The standard InChI is InChI=1S/C31H24BrClN2O5/c1-3-39-27-15-19(14-25(32)28(27)40-17-21-9-6-8-20-7-4-5-10-23(20)21)13-24-29(36)34-31(38)35(30(24)37)22-12-11-18(2)26(33)16-22/h4-16H,3,17H2,1-2H3,(H,34,36,38)/b24-13-. The summed E-state index contributed by atoms with van der Waals surface area (Å²) in [6.07, 6.45) is 1.41. The molecule has 4 aromatic carbocycles. The Kier molecular flexibility index (Phi) is 7.91. The highest BCUT2D eigenvalue weighted by Gasteiger charge is 2.37. The van der Waals surface area contributed by atoms with E-state index in [2.05, 4.69) is 21.2 Å². The smallest absolute Gasteiger partial charge is 0.335 e. The molecule has 1 heterocycles. The van der Waals surface area contributed by atoms with E-state index >= 15 is 0 Å². The largest absolute Gasteiger partial charge is 0.490 e. The van der Waals surface area contributed by atoms with Gasteiger partial charge in [-0.3, -0.25) is 14.9 Å². The quantitative estimate of drug-likeness (QED) is 0.175. The molecule has 40 heavy (non-hydrogen) atoms. The summed E-state index contributed by atoms with van der Waals surface area (Å²) in [6.45, 7) is 4.33. The Labute approximate surface area is 244 Å². The van der Waals surface area contributed by atoms with E-state index in [0.29, 0.717) is 39.8 Å². The number of ether oxygens (including phenoxy) is 2. The van der Waals surface area contributed by atoms with E-state index < -0.39 is 17.8 Å². The molecular weight excluding hydrogens is 596 g/mol. The summed E-state index contributed by atoms with van der Waals surface area (Å²) < 4.78 is 12.6. The highest BCUT2D eigenvalue weighted by molar-refractivity contribution is 9.10. The van der Waals surface area contributed by atoms with Crippen LogP contribution in [0.5, 0.6) is 11.5 Å². The summed E-state index contributed by atoms with van der Waals surface area (Å²) in [4.78, 5) is 39.5. The number of hydrogen-bond donors (Lipinski definition) is 1. The molecule has 1 saturated heterocycles. The fraction of sp³-hybridized carbons (Fsp3) is 0.129. The van der Waals surface area contributed by atoms with Crippen LogP contribution in [0.3, 0.4) is 0 Å². The third-order valence-corrected chi connectivity index (χ3v) is 7.41. The second kappa shape index (κ2) is 11.5. The minimum absolute atomic E-state index is 0.213. The van der Waals surface area contributed by atoms with Crippen molar-refractivity contribution in [2.75, 3.05) is 11.5 Å². The number of hydrogen-bond acceptors (Lipinski definition) is 5. The van der Waals surface area contributed by atoms with Gasteiger partial charge in [-0.1, -0.05) is 60.1 Å².